The van der Waals surface area contributed by atoms with E-state index in [1.54, 1.807) is 36.4 Å². The first-order valence-electron chi connectivity index (χ1n) is 10.2. The van der Waals surface area contributed by atoms with Crippen LogP contribution in [0.5, 0.6) is 0 Å². The number of hydrogen-bond donors (Lipinski definition) is 2. The van der Waals surface area contributed by atoms with Crippen LogP contribution in [0.3, 0.4) is 0 Å². The fraction of sp³-hybridized carbons (Fsp3) is 0.318. The molecule has 0 aromatic heterocycles. The summed E-state index contributed by atoms with van der Waals surface area (Å²) < 4.78 is 27.1. The topological polar surface area (TPSA) is 116 Å². The molecular formula is C22H26N4O5S. The normalized spacial score (nSPS) is 13.5. The van der Waals surface area contributed by atoms with Crippen molar-refractivity contribution in [1.82, 2.24) is 9.21 Å². The number of rotatable bonds is 6. The van der Waals surface area contributed by atoms with Crippen molar-refractivity contribution in [2.45, 2.75) is 31.6 Å². The molecule has 1 aliphatic rings. The summed E-state index contributed by atoms with van der Waals surface area (Å²) in [5.74, 6) is -0.875. The maximum absolute atomic E-state index is 13.2. The van der Waals surface area contributed by atoms with Crippen LogP contribution in [0, 0.1) is 6.92 Å². The summed E-state index contributed by atoms with van der Waals surface area (Å²) in [5.41, 5.74) is 1.84. The van der Waals surface area contributed by atoms with Crippen LogP contribution >= 0.6 is 0 Å². The second kappa shape index (κ2) is 9.82. The molecule has 9 nitrogen and oxygen atoms in total. The molecule has 0 aliphatic carbocycles. The van der Waals surface area contributed by atoms with Crippen LogP contribution in [0.4, 0.5) is 16.2 Å². The van der Waals surface area contributed by atoms with Crippen LogP contribution in [-0.2, 0) is 19.6 Å². The lowest BCUT2D eigenvalue weighted by Crippen LogP contribution is -2.48. The first kappa shape index (κ1) is 23.3. The fourth-order valence-electron chi connectivity index (χ4n) is 3.33. The summed E-state index contributed by atoms with van der Waals surface area (Å²) in [7, 11) is -4.23. The van der Waals surface area contributed by atoms with E-state index < -0.39 is 28.5 Å². The molecule has 0 radical (unpaired) electrons. The second-order valence-corrected chi connectivity index (χ2v) is 9.47. The molecule has 0 spiro atoms. The summed E-state index contributed by atoms with van der Waals surface area (Å²) in [5, 5.41) is 5.22. The van der Waals surface area contributed by atoms with E-state index in [0.717, 1.165) is 18.4 Å². The number of hydrogen-bond acceptors (Lipinski definition) is 5. The molecule has 1 saturated heterocycles. The van der Waals surface area contributed by atoms with E-state index in [0.29, 0.717) is 28.8 Å². The number of carbonyl (C=O) groups excluding carboxylic acids is 3. The zero-order valence-electron chi connectivity index (χ0n) is 18.0. The largest absolute Gasteiger partial charge is 0.334 e. The summed E-state index contributed by atoms with van der Waals surface area (Å²) >= 11 is 0. The van der Waals surface area contributed by atoms with Crippen molar-refractivity contribution in [2.75, 3.05) is 30.3 Å². The van der Waals surface area contributed by atoms with Gasteiger partial charge in [-0.3, -0.25) is 9.59 Å². The molecule has 2 N–H and O–H groups in total. The summed E-state index contributed by atoms with van der Waals surface area (Å²) in [4.78, 5) is 38.2. The number of benzene rings is 2. The Balaban J connectivity index is 1.80. The van der Waals surface area contributed by atoms with Gasteiger partial charge in [0.05, 0.1) is 4.90 Å². The smallest absolute Gasteiger partial charge is 0.326 e. The van der Waals surface area contributed by atoms with Crippen LogP contribution in [0.2, 0.25) is 0 Å². The van der Waals surface area contributed by atoms with Gasteiger partial charge in [-0.1, -0.05) is 17.7 Å². The van der Waals surface area contributed by atoms with Gasteiger partial charge >= 0.3 is 6.03 Å². The molecule has 4 amide bonds. The van der Waals surface area contributed by atoms with Crippen molar-refractivity contribution in [2.24, 2.45) is 0 Å². The van der Waals surface area contributed by atoms with Crippen LogP contribution < -0.4 is 10.6 Å². The van der Waals surface area contributed by atoms with Crippen LogP contribution in [0.1, 0.15) is 25.3 Å². The molecule has 0 unspecified atom stereocenters. The van der Waals surface area contributed by atoms with Gasteiger partial charge in [-0.05, 0) is 56.2 Å². The van der Waals surface area contributed by atoms with E-state index in [1.165, 1.54) is 24.0 Å². The van der Waals surface area contributed by atoms with Crippen molar-refractivity contribution in [3.05, 3.63) is 54.1 Å². The lowest BCUT2D eigenvalue weighted by atomic mass is 10.2. The maximum atomic E-state index is 13.2. The van der Waals surface area contributed by atoms with Crippen LogP contribution in [0.15, 0.2) is 53.4 Å². The second-order valence-electron chi connectivity index (χ2n) is 7.61. The Bertz CT molecular complexity index is 1090. The van der Waals surface area contributed by atoms with Gasteiger partial charge in [0.1, 0.15) is 6.54 Å². The molecular weight excluding hydrogens is 432 g/mol. The Labute approximate surface area is 187 Å². The van der Waals surface area contributed by atoms with Crippen molar-refractivity contribution in [1.29, 1.82) is 0 Å². The quantitative estimate of drug-likeness (QED) is 0.691. The average molecular weight is 459 g/mol. The highest BCUT2D eigenvalue weighted by atomic mass is 32.2. The molecule has 1 aliphatic heterocycles. The lowest BCUT2D eigenvalue weighted by Gasteiger charge is -2.27. The molecule has 0 atom stereocenters. The van der Waals surface area contributed by atoms with E-state index in [2.05, 4.69) is 10.6 Å². The van der Waals surface area contributed by atoms with Gasteiger partial charge < -0.3 is 15.5 Å². The van der Waals surface area contributed by atoms with Crippen molar-refractivity contribution < 1.29 is 22.8 Å². The number of likely N-dealkylation sites (tertiary alicyclic amines) is 1. The highest BCUT2D eigenvalue weighted by Crippen LogP contribution is 2.21. The molecule has 170 valence electrons. The van der Waals surface area contributed by atoms with E-state index in [4.69, 9.17) is 0 Å². The van der Waals surface area contributed by atoms with Crippen molar-refractivity contribution >= 4 is 39.2 Å². The number of urea groups is 1. The average Bonchev–Trinajstić information content (AvgIpc) is 3.28. The molecule has 0 saturated carbocycles. The number of aryl methyl sites for hydroxylation is 1. The Morgan fingerprint density at radius 1 is 0.906 bits per heavy atom. The Morgan fingerprint density at radius 3 is 1.97 bits per heavy atom. The lowest BCUT2D eigenvalue weighted by molar-refractivity contribution is -0.116. The Kier molecular flexibility index (Phi) is 7.14. The third kappa shape index (κ3) is 5.64. The monoisotopic (exact) mass is 458 g/mol. The minimum Gasteiger partial charge on any atom is -0.326 e. The summed E-state index contributed by atoms with van der Waals surface area (Å²) in [6.45, 7) is 3.46. The first-order chi connectivity index (χ1) is 15.2. The van der Waals surface area contributed by atoms with E-state index >= 15 is 0 Å². The van der Waals surface area contributed by atoms with E-state index in [1.807, 2.05) is 6.92 Å². The highest BCUT2D eigenvalue weighted by molar-refractivity contribution is 7.89. The molecule has 3 rings (SSSR count). The molecule has 1 fully saturated rings. The van der Waals surface area contributed by atoms with Gasteiger partial charge in [0.2, 0.25) is 11.8 Å². The van der Waals surface area contributed by atoms with E-state index in [-0.39, 0.29) is 10.8 Å². The Morgan fingerprint density at radius 2 is 1.44 bits per heavy atom. The van der Waals surface area contributed by atoms with Gasteiger partial charge in [0.15, 0.2) is 0 Å². The summed E-state index contributed by atoms with van der Waals surface area (Å²) in [6, 6.07) is 11.8. The molecule has 32 heavy (non-hydrogen) atoms. The van der Waals surface area contributed by atoms with Crippen molar-refractivity contribution in [3.8, 4) is 0 Å². The predicted molar refractivity (Wildman–Crippen MR) is 121 cm³/mol. The van der Waals surface area contributed by atoms with Crippen LogP contribution in [-0.4, -0.2) is 55.1 Å². The number of anilines is 2. The third-order valence-corrected chi connectivity index (χ3v) is 6.71. The van der Waals surface area contributed by atoms with E-state index in [9.17, 15) is 22.8 Å². The minimum atomic E-state index is -4.23. The highest BCUT2D eigenvalue weighted by Gasteiger charge is 2.35. The maximum Gasteiger partial charge on any atom is 0.334 e. The Hall–Kier alpha value is -3.40. The number of sulfonamides is 1. The molecule has 1 heterocycles. The number of nitrogens with zero attached hydrogens (tertiary/aromatic N) is 2. The number of amides is 4. The zero-order valence-corrected chi connectivity index (χ0v) is 18.8. The molecule has 0 bridgehead atoms. The SMILES string of the molecule is CC(=O)Nc1ccc(NC(=O)CN(C(=O)N2CCCC2)S(=O)(=O)c2ccc(C)cc2)cc1. The van der Waals surface area contributed by atoms with Gasteiger partial charge in [-0.2, -0.15) is 0 Å². The van der Waals surface area contributed by atoms with Gasteiger partial charge in [-0.15, -0.1) is 0 Å². The minimum absolute atomic E-state index is 0.0527. The standard InChI is InChI=1S/C22H26N4O5S/c1-16-5-11-20(12-6-16)32(30,31)26(22(29)25-13-3-4-14-25)15-21(28)24-19-9-7-18(8-10-19)23-17(2)27/h5-12H,3-4,13-15H2,1-2H3,(H,23,27)(H,24,28). The molecule has 2 aromatic rings. The predicted octanol–water partition coefficient (Wildman–Crippen LogP) is 2.80. The summed E-state index contributed by atoms with van der Waals surface area (Å²) in [6.07, 6.45) is 1.58. The van der Waals surface area contributed by atoms with Gasteiger partial charge in [0, 0.05) is 31.4 Å². The van der Waals surface area contributed by atoms with Crippen LogP contribution in [0.25, 0.3) is 0 Å². The number of carbonyl (C=O) groups is 3. The molecule has 2 aromatic carbocycles. The first-order valence-corrected chi connectivity index (χ1v) is 11.7. The third-order valence-electron chi connectivity index (χ3n) is 4.98. The number of nitrogens with one attached hydrogen (secondary N) is 2. The van der Waals surface area contributed by atoms with Gasteiger partial charge in [-0.25, -0.2) is 17.5 Å². The van der Waals surface area contributed by atoms with Gasteiger partial charge in [0.25, 0.3) is 10.0 Å². The molecule has 10 heteroatoms. The van der Waals surface area contributed by atoms with Crippen molar-refractivity contribution in [3.63, 3.8) is 0 Å². The fourth-order valence-corrected chi connectivity index (χ4v) is 4.67. The zero-order chi connectivity index (χ0) is 23.3.